The molecule has 0 saturated heterocycles. The van der Waals surface area contributed by atoms with E-state index in [2.05, 4.69) is 125 Å². The molecular weight excluding hydrogens is 901 g/mol. The second-order valence-corrected chi connectivity index (χ2v) is 38.3. The summed E-state index contributed by atoms with van der Waals surface area (Å²) in [6.45, 7) is 43.1. The predicted octanol–water partition coefficient (Wildman–Crippen LogP) is 24.3. The molecule has 0 aromatic rings. The van der Waals surface area contributed by atoms with E-state index in [1.807, 2.05) is 0 Å². The van der Waals surface area contributed by atoms with E-state index in [1.165, 1.54) is 77.0 Å². The van der Waals surface area contributed by atoms with Gasteiger partial charge >= 0.3 is 0 Å². The molecule has 0 nitrogen and oxygen atoms in total. The Balaban J connectivity index is 0.000000131. The monoisotopic (exact) mass is 1040 g/mol. The SMILES string of the molecule is CC(C)(C)CC1C2CCCC1C2.CC(C)(C)CC1C2CCCC1CC2.CC(C)(C)CC1CC2CC(C2)C1.CC(C)(C)CC1CC2CCC(C2)C1.CC(C)(C)CC1CC2CCC1C2.CC(C)(C)CC1CC2CCC1CC2. The number of fused-ring (bicyclic) bond motifs is 13. The van der Waals surface area contributed by atoms with Gasteiger partial charge in [0, 0.05) is 0 Å². The first kappa shape index (κ1) is 62.6. The van der Waals surface area contributed by atoms with Crippen molar-refractivity contribution in [2.45, 2.75) is 337 Å². The molecule has 15 aliphatic rings. The highest BCUT2D eigenvalue weighted by Gasteiger charge is 2.46. The van der Waals surface area contributed by atoms with Crippen LogP contribution in [0.15, 0.2) is 0 Å². The lowest BCUT2D eigenvalue weighted by molar-refractivity contribution is -0.0126. The van der Waals surface area contributed by atoms with Crippen LogP contribution >= 0.6 is 0 Å². The molecule has 15 fully saturated rings. The highest BCUT2D eigenvalue weighted by atomic mass is 14.5. The van der Waals surface area contributed by atoms with Crippen molar-refractivity contribution in [3.63, 3.8) is 0 Å². The summed E-state index contributed by atoms with van der Waals surface area (Å²) in [7, 11) is 0. The summed E-state index contributed by atoms with van der Waals surface area (Å²) in [6, 6.07) is 0. The number of hydrogen-bond donors (Lipinski definition) is 0. The molecule has 0 spiro atoms. The minimum Gasteiger partial charge on any atom is -0.0602 e. The fourth-order valence-electron chi connectivity index (χ4n) is 20.9. The summed E-state index contributed by atoms with van der Waals surface area (Å²) >= 11 is 0. The maximum Gasteiger partial charge on any atom is -0.0352 e. The van der Waals surface area contributed by atoms with Gasteiger partial charge in [0.2, 0.25) is 0 Å². The van der Waals surface area contributed by atoms with E-state index in [4.69, 9.17) is 0 Å². The van der Waals surface area contributed by atoms with E-state index in [-0.39, 0.29) is 0 Å². The largest absolute Gasteiger partial charge is 0.0602 e. The molecule has 0 aliphatic heterocycles. The first-order chi connectivity index (χ1) is 34.8. The fraction of sp³-hybridized carbons (Fsp3) is 1.00. The number of hydrogen-bond acceptors (Lipinski definition) is 0. The Morgan fingerprint density at radius 2 is 0.520 bits per heavy atom. The molecular formula is C75H138. The summed E-state index contributed by atoms with van der Waals surface area (Å²) in [4.78, 5) is 0. The van der Waals surface area contributed by atoms with Crippen LogP contribution in [-0.4, -0.2) is 0 Å². The van der Waals surface area contributed by atoms with Gasteiger partial charge in [-0.1, -0.05) is 195 Å². The second kappa shape index (κ2) is 26.1. The summed E-state index contributed by atoms with van der Waals surface area (Å²) in [5.74, 6) is 19.9. The van der Waals surface area contributed by atoms with Crippen molar-refractivity contribution in [1.82, 2.24) is 0 Å². The summed E-state index contributed by atoms with van der Waals surface area (Å²) in [6.07, 6.45) is 50.6. The third-order valence-electron chi connectivity index (χ3n) is 23.2. The van der Waals surface area contributed by atoms with Crippen molar-refractivity contribution in [3.05, 3.63) is 0 Å². The van der Waals surface area contributed by atoms with Crippen LogP contribution in [0.4, 0.5) is 0 Å². The first-order valence-electron chi connectivity index (χ1n) is 34.8. The van der Waals surface area contributed by atoms with Gasteiger partial charge in [0.25, 0.3) is 0 Å². The third kappa shape index (κ3) is 21.0. The Morgan fingerprint density at radius 3 is 0.880 bits per heavy atom. The molecule has 0 N–H and O–H groups in total. The van der Waals surface area contributed by atoms with Crippen LogP contribution in [0.25, 0.3) is 0 Å². The lowest BCUT2D eigenvalue weighted by Gasteiger charge is -2.51. The van der Waals surface area contributed by atoms with Crippen LogP contribution in [0, 0.1) is 139 Å². The molecule has 10 atom stereocenters. The Morgan fingerprint density at radius 1 is 0.213 bits per heavy atom. The molecule has 438 valence electrons. The lowest BCUT2D eigenvalue weighted by Crippen LogP contribution is -2.42. The van der Waals surface area contributed by atoms with Gasteiger partial charge in [-0.25, -0.2) is 0 Å². The van der Waals surface area contributed by atoms with Gasteiger partial charge in [-0.05, 0) is 280 Å². The maximum atomic E-state index is 2.40. The van der Waals surface area contributed by atoms with Gasteiger partial charge in [0.05, 0.1) is 0 Å². The van der Waals surface area contributed by atoms with Gasteiger partial charge in [0.15, 0.2) is 0 Å². The summed E-state index contributed by atoms with van der Waals surface area (Å²) in [5.41, 5.74) is 3.37. The Kier molecular flexibility index (Phi) is 21.8. The highest BCUT2D eigenvalue weighted by molar-refractivity contribution is 4.96. The van der Waals surface area contributed by atoms with Crippen molar-refractivity contribution < 1.29 is 0 Å². The Hall–Kier alpha value is 0. The lowest BCUT2D eigenvalue weighted by atomic mass is 9.54. The molecule has 12 bridgehead atoms. The van der Waals surface area contributed by atoms with E-state index < -0.39 is 0 Å². The van der Waals surface area contributed by atoms with Crippen molar-refractivity contribution in [3.8, 4) is 0 Å². The van der Waals surface area contributed by atoms with Crippen LogP contribution in [0.3, 0.4) is 0 Å². The molecule has 0 aromatic carbocycles. The molecule has 15 rings (SSSR count). The van der Waals surface area contributed by atoms with Crippen molar-refractivity contribution in [2.24, 2.45) is 139 Å². The zero-order valence-electron chi connectivity index (χ0n) is 54.7. The fourth-order valence-corrected chi connectivity index (χ4v) is 20.9. The molecule has 10 unspecified atom stereocenters. The maximum absolute atomic E-state index is 2.40. The molecule has 0 heterocycles. The highest BCUT2D eigenvalue weighted by Crippen LogP contribution is 2.56. The molecule has 15 saturated carbocycles. The van der Waals surface area contributed by atoms with Gasteiger partial charge in [0.1, 0.15) is 0 Å². The van der Waals surface area contributed by atoms with E-state index in [1.54, 1.807) is 135 Å². The van der Waals surface area contributed by atoms with Gasteiger partial charge < -0.3 is 0 Å². The average molecular weight is 1040 g/mol. The summed E-state index contributed by atoms with van der Waals surface area (Å²) in [5, 5.41) is 0. The van der Waals surface area contributed by atoms with Crippen LogP contribution < -0.4 is 0 Å². The molecule has 0 amide bonds. The Bertz CT molecular complexity index is 1560. The van der Waals surface area contributed by atoms with E-state index in [9.17, 15) is 0 Å². The van der Waals surface area contributed by atoms with Crippen LogP contribution in [-0.2, 0) is 0 Å². The van der Waals surface area contributed by atoms with Crippen LogP contribution in [0.5, 0.6) is 0 Å². The second-order valence-electron chi connectivity index (χ2n) is 38.3. The minimum atomic E-state index is 0.557. The van der Waals surface area contributed by atoms with Crippen LogP contribution in [0.1, 0.15) is 337 Å². The van der Waals surface area contributed by atoms with E-state index in [0.29, 0.717) is 32.5 Å². The standard InChI is InChI=1S/3C13H24.3C12H22/c1-13(2,3)9-12-8-10-4-6-11(12)7-5-10;1-13(2,3)9-12-7-10-4-5-11(6-10)8-12;1-13(2,3)9-12-10-5-4-6-11(12)8-7-10;1-12(2,3)8-11-6-9-4-10(5-9)7-11;1-12(2,3)8-11-7-9-4-5-10(11)6-9;1-12(2,3)8-11-9-5-4-6-10(11)7-9/h3*10-12H,4-9H2,1-3H3;3*9-11H,4-8H2,1-3H3. The smallest absolute Gasteiger partial charge is 0.0352 e. The zero-order valence-corrected chi connectivity index (χ0v) is 54.7. The van der Waals surface area contributed by atoms with Crippen LogP contribution in [0.2, 0.25) is 0 Å². The van der Waals surface area contributed by atoms with Gasteiger partial charge in [-0.2, -0.15) is 0 Å². The quantitative estimate of drug-likeness (QED) is 0.249. The predicted molar refractivity (Wildman–Crippen MR) is 332 cm³/mol. The van der Waals surface area contributed by atoms with Gasteiger partial charge in [-0.3, -0.25) is 0 Å². The van der Waals surface area contributed by atoms with Crippen molar-refractivity contribution >= 4 is 0 Å². The van der Waals surface area contributed by atoms with E-state index >= 15 is 0 Å². The molecule has 0 radical (unpaired) electrons. The first-order valence-corrected chi connectivity index (χ1v) is 34.8. The summed E-state index contributed by atoms with van der Waals surface area (Å²) < 4.78 is 0. The van der Waals surface area contributed by atoms with Gasteiger partial charge in [-0.15, -0.1) is 0 Å². The Labute approximate surface area is 473 Å². The van der Waals surface area contributed by atoms with Crippen molar-refractivity contribution in [2.75, 3.05) is 0 Å². The molecule has 0 heteroatoms. The molecule has 75 heavy (non-hydrogen) atoms. The average Bonchev–Trinajstić information content (AvgIpc) is 4.02. The van der Waals surface area contributed by atoms with E-state index in [0.717, 1.165) is 107 Å². The minimum absolute atomic E-state index is 0.557. The molecule has 15 aliphatic carbocycles. The zero-order chi connectivity index (χ0) is 54.7. The molecule has 0 aromatic heterocycles. The van der Waals surface area contributed by atoms with Crippen molar-refractivity contribution in [1.29, 1.82) is 0 Å². The topological polar surface area (TPSA) is 0 Å². The number of rotatable bonds is 6. The third-order valence-corrected chi connectivity index (χ3v) is 23.2. The normalized spacial score (nSPS) is 40.1.